The van der Waals surface area contributed by atoms with Crippen molar-refractivity contribution in [3.8, 4) is 6.01 Å². The highest BCUT2D eigenvalue weighted by Crippen LogP contribution is 2.16. The van der Waals surface area contributed by atoms with E-state index in [-0.39, 0.29) is 12.0 Å². The van der Waals surface area contributed by atoms with Crippen molar-refractivity contribution >= 4 is 17.7 Å². The molecule has 1 aromatic heterocycles. The largest absolute Gasteiger partial charge is 0.467 e. The van der Waals surface area contributed by atoms with Crippen molar-refractivity contribution in [3.63, 3.8) is 0 Å². The van der Waals surface area contributed by atoms with Gasteiger partial charge >= 0.3 is 6.01 Å². The second-order valence-electron chi connectivity index (χ2n) is 3.34. The molecule has 2 N–H and O–H groups in total. The summed E-state index contributed by atoms with van der Waals surface area (Å²) in [5.74, 6) is 1.12. The lowest BCUT2D eigenvalue weighted by Crippen LogP contribution is -2.25. The first-order valence-electron chi connectivity index (χ1n) is 5.60. The van der Waals surface area contributed by atoms with Crippen molar-refractivity contribution in [1.29, 1.82) is 0 Å². The fourth-order valence-corrected chi connectivity index (χ4v) is 2.15. The quantitative estimate of drug-likeness (QED) is 0.727. The molecule has 6 nitrogen and oxygen atoms in total. The number of hydrogen-bond acceptors (Lipinski definition) is 7. The molecule has 1 heterocycles. The van der Waals surface area contributed by atoms with Crippen molar-refractivity contribution in [2.24, 2.45) is 0 Å². The zero-order valence-electron chi connectivity index (χ0n) is 10.5. The molecule has 1 aromatic rings. The van der Waals surface area contributed by atoms with E-state index in [0.717, 1.165) is 25.4 Å². The predicted molar refractivity (Wildman–Crippen MR) is 69.3 cm³/mol. The molecule has 0 bridgehead atoms. The van der Waals surface area contributed by atoms with E-state index in [4.69, 9.17) is 10.5 Å². The van der Waals surface area contributed by atoms with Crippen LogP contribution in [0.4, 0.5) is 5.95 Å². The van der Waals surface area contributed by atoms with E-state index in [1.54, 1.807) is 11.8 Å². The Balaban J connectivity index is 2.48. The van der Waals surface area contributed by atoms with Crippen molar-refractivity contribution in [2.75, 3.05) is 38.2 Å². The van der Waals surface area contributed by atoms with Gasteiger partial charge in [-0.15, -0.1) is 0 Å². The molecule has 0 aliphatic rings. The number of methoxy groups -OCH3 is 1. The maximum Gasteiger partial charge on any atom is 0.321 e. The van der Waals surface area contributed by atoms with E-state index in [1.807, 2.05) is 0 Å². The number of nitrogen functional groups attached to an aromatic ring is 1. The number of anilines is 1. The normalized spacial score (nSPS) is 10.8. The summed E-state index contributed by atoms with van der Waals surface area (Å²) >= 11 is 1.56. The second-order valence-corrected chi connectivity index (χ2v) is 4.40. The molecule has 0 fully saturated rings. The Labute approximate surface area is 106 Å². The lowest BCUT2D eigenvalue weighted by atomic mass is 10.5. The Morgan fingerprint density at radius 1 is 1.24 bits per heavy atom. The van der Waals surface area contributed by atoms with Crippen molar-refractivity contribution in [3.05, 3.63) is 0 Å². The van der Waals surface area contributed by atoms with Gasteiger partial charge in [0.1, 0.15) is 0 Å². The molecular weight excluding hydrogens is 238 g/mol. The first kappa shape index (κ1) is 14.0. The summed E-state index contributed by atoms with van der Waals surface area (Å²) in [4.78, 5) is 14.4. The average molecular weight is 257 g/mol. The lowest BCUT2D eigenvalue weighted by molar-refractivity contribution is 0.323. The van der Waals surface area contributed by atoms with Crippen molar-refractivity contribution < 1.29 is 4.74 Å². The topological polar surface area (TPSA) is 77.2 Å². The van der Waals surface area contributed by atoms with Crippen LogP contribution in [-0.4, -0.2) is 52.3 Å². The van der Waals surface area contributed by atoms with Gasteiger partial charge in [0.15, 0.2) is 5.16 Å². The molecule has 0 spiro atoms. The number of ether oxygens (including phenoxy) is 1. The minimum atomic E-state index is 0.196. The third kappa shape index (κ3) is 4.74. The number of aromatic nitrogens is 3. The highest BCUT2D eigenvalue weighted by atomic mass is 32.2. The van der Waals surface area contributed by atoms with Crippen molar-refractivity contribution in [2.45, 2.75) is 19.0 Å². The number of nitrogens with two attached hydrogens (primary N) is 1. The molecule has 17 heavy (non-hydrogen) atoms. The third-order valence-corrected chi connectivity index (χ3v) is 3.15. The Kier molecular flexibility index (Phi) is 5.99. The fourth-order valence-electron chi connectivity index (χ4n) is 1.31. The van der Waals surface area contributed by atoms with Gasteiger partial charge in [-0.2, -0.15) is 15.0 Å². The molecule has 0 radical (unpaired) electrons. The molecule has 0 amide bonds. The fraction of sp³-hybridized carbons (Fsp3) is 0.700. The molecule has 0 aromatic carbocycles. The van der Waals surface area contributed by atoms with Crippen LogP contribution in [0.5, 0.6) is 6.01 Å². The molecule has 0 aliphatic carbocycles. The van der Waals surface area contributed by atoms with Crippen LogP contribution in [0.15, 0.2) is 5.16 Å². The Hall–Kier alpha value is -1.08. The summed E-state index contributed by atoms with van der Waals surface area (Å²) in [6.45, 7) is 7.42. The predicted octanol–water partition coefficient (Wildman–Crippen LogP) is 0.896. The first-order chi connectivity index (χ1) is 8.19. The number of hydrogen-bond donors (Lipinski definition) is 1. The summed E-state index contributed by atoms with van der Waals surface area (Å²) in [6, 6.07) is 0.267. The van der Waals surface area contributed by atoms with E-state index >= 15 is 0 Å². The highest BCUT2D eigenvalue weighted by Gasteiger charge is 2.06. The Morgan fingerprint density at radius 2 is 1.94 bits per heavy atom. The minimum absolute atomic E-state index is 0.196. The monoisotopic (exact) mass is 257 g/mol. The summed E-state index contributed by atoms with van der Waals surface area (Å²) in [5.41, 5.74) is 5.55. The molecule has 0 atom stereocenters. The molecular formula is C10H19N5OS. The van der Waals surface area contributed by atoms with Gasteiger partial charge in [0.25, 0.3) is 0 Å². The van der Waals surface area contributed by atoms with Gasteiger partial charge in [-0.05, 0) is 13.1 Å². The van der Waals surface area contributed by atoms with E-state index in [9.17, 15) is 0 Å². The number of rotatable bonds is 7. The summed E-state index contributed by atoms with van der Waals surface area (Å²) in [5, 5.41) is 0.613. The maximum atomic E-state index is 5.55. The SMILES string of the molecule is CCN(CC)CCSc1nc(N)nc(OC)n1. The smallest absolute Gasteiger partial charge is 0.321 e. The molecule has 7 heteroatoms. The maximum absolute atomic E-state index is 5.55. The van der Waals surface area contributed by atoms with Crippen LogP contribution in [-0.2, 0) is 0 Å². The Morgan fingerprint density at radius 3 is 2.53 bits per heavy atom. The van der Waals surface area contributed by atoms with E-state index < -0.39 is 0 Å². The van der Waals surface area contributed by atoms with E-state index in [1.165, 1.54) is 7.11 Å². The van der Waals surface area contributed by atoms with Crippen molar-refractivity contribution in [1.82, 2.24) is 19.9 Å². The van der Waals surface area contributed by atoms with Crippen LogP contribution in [0.25, 0.3) is 0 Å². The lowest BCUT2D eigenvalue weighted by Gasteiger charge is -2.16. The van der Waals surface area contributed by atoms with Crippen LogP contribution in [0.3, 0.4) is 0 Å². The van der Waals surface area contributed by atoms with Crippen LogP contribution in [0.1, 0.15) is 13.8 Å². The summed E-state index contributed by atoms with van der Waals surface area (Å²) in [7, 11) is 1.51. The van der Waals surface area contributed by atoms with Crippen LogP contribution in [0, 0.1) is 0 Å². The summed E-state index contributed by atoms with van der Waals surface area (Å²) in [6.07, 6.45) is 0. The van der Waals surface area contributed by atoms with E-state index in [2.05, 4.69) is 33.7 Å². The van der Waals surface area contributed by atoms with Gasteiger partial charge in [-0.1, -0.05) is 25.6 Å². The van der Waals surface area contributed by atoms with Gasteiger partial charge in [0.2, 0.25) is 5.95 Å². The van der Waals surface area contributed by atoms with Crippen LogP contribution in [0.2, 0.25) is 0 Å². The van der Waals surface area contributed by atoms with Gasteiger partial charge in [-0.3, -0.25) is 0 Å². The molecule has 96 valence electrons. The van der Waals surface area contributed by atoms with Gasteiger partial charge in [0.05, 0.1) is 7.11 Å². The zero-order valence-corrected chi connectivity index (χ0v) is 11.3. The molecule has 0 unspecified atom stereocenters. The van der Waals surface area contributed by atoms with Gasteiger partial charge < -0.3 is 15.4 Å². The molecule has 0 saturated heterocycles. The van der Waals surface area contributed by atoms with Gasteiger partial charge in [-0.25, -0.2) is 0 Å². The van der Waals surface area contributed by atoms with E-state index in [0.29, 0.717) is 5.16 Å². The molecule has 1 rings (SSSR count). The highest BCUT2D eigenvalue weighted by molar-refractivity contribution is 7.99. The second kappa shape index (κ2) is 7.29. The van der Waals surface area contributed by atoms with Gasteiger partial charge in [0, 0.05) is 12.3 Å². The Bertz CT molecular complexity index is 345. The standard InChI is InChI=1S/C10H19N5OS/c1-4-15(5-2)6-7-17-10-13-8(11)12-9(14-10)16-3/h4-7H2,1-3H3,(H2,11,12,13,14). The minimum Gasteiger partial charge on any atom is -0.467 e. The van der Waals surface area contributed by atoms with Crippen LogP contribution < -0.4 is 10.5 Å². The molecule has 0 aliphatic heterocycles. The zero-order chi connectivity index (χ0) is 12.7. The number of nitrogens with zero attached hydrogens (tertiary/aromatic N) is 4. The summed E-state index contributed by atoms with van der Waals surface area (Å²) < 4.78 is 4.94. The van der Waals surface area contributed by atoms with Crippen LogP contribution >= 0.6 is 11.8 Å². The third-order valence-electron chi connectivity index (χ3n) is 2.33. The first-order valence-corrected chi connectivity index (χ1v) is 6.58. The average Bonchev–Trinajstić information content (AvgIpc) is 2.34. The molecule has 0 saturated carbocycles. The number of thioether (sulfide) groups is 1.